The number of hydrogen-bond acceptors (Lipinski definition) is 4. The molecule has 0 bridgehead atoms. The highest BCUT2D eigenvalue weighted by Gasteiger charge is 2.54. The Hall–Kier alpha value is -2.63. The molecule has 3 heterocycles. The van der Waals surface area contributed by atoms with E-state index in [1.165, 1.54) is 5.56 Å². The van der Waals surface area contributed by atoms with Crippen LogP contribution in [0.2, 0.25) is 0 Å². The van der Waals surface area contributed by atoms with Crippen LogP contribution in [0.5, 0.6) is 0 Å². The molecule has 0 aliphatic carbocycles. The number of hydrogen-bond donors (Lipinski definition) is 2. The number of nitrogens with zero attached hydrogens (tertiary/aromatic N) is 1. The Morgan fingerprint density at radius 3 is 2.79 bits per heavy atom. The van der Waals surface area contributed by atoms with Crippen molar-refractivity contribution >= 4 is 16.9 Å². The number of rotatable bonds is 4. The normalized spacial score (nSPS) is 27.1. The summed E-state index contributed by atoms with van der Waals surface area (Å²) in [6.07, 6.45) is 0.942. The Morgan fingerprint density at radius 2 is 2.00 bits per heavy atom. The van der Waals surface area contributed by atoms with Crippen molar-refractivity contribution in [2.75, 3.05) is 19.6 Å². The van der Waals surface area contributed by atoms with Gasteiger partial charge in [-0.3, -0.25) is 9.69 Å². The van der Waals surface area contributed by atoms with E-state index >= 15 is 0 Å². The lowest BCUT2D eigenvalue weighted by Gasteiger charge is -2.41. The van der Waals surface area contributed by atoms with Crippen LogP contribution in [0, 0.1) is 5.92 Å². The second kappa shape index (κ2) is 7.32. The fraction of sp³-hybridized carbons (Fsp3) is 0.375. The number of piperidine rings is 1. The van der Waals surface area contributed by atoms with Crippen LogP contribution in [0.3, 0.4) is 0 Å². The molecule has 5 heteroatoms. The highest BCUT2D eigenvalue weighted by molar-refractivity contribution is 5.77. The van der Waals surface area contributed by atoms with E-state index in [9.17, 15) is 4.79 Å². The third kappa shape index (κ3) is 3.34. The van der Waals surface area contributed by atoms with Crippen molar-refractivity contribution in [3.63, 3.8) is 0 Å². The maximum atomic E-state index is 12.1. The first-order valence-corrected chi connectivity index (χ1v) is 10.4. The molecule has 2 N–H and O–H groups in total. The van der Waals surface area contributed by atoms with Crippen molar-refractivity contribution in [1.82, 2.24) is 15.5 Å². The van der Waals surface area contributed by atoms with Crippen LogP contribution < -0.4 is 10.6 Å². The average molecular weight is 389 g/mol. The van der Waals surface area contributed by atoms with Gasteiger partial charge >= 0.3 is 0 Å². The molecule has 3 atom stereocenters. The summed E-state index contributed by atoms with van der Waals surface area (Å²) in [7, 11) is 0. The molecule has 2 saturated heterocycles. The molecule has 5 rings (SSSR count). The highest BCUT2D eigenvalue weighted by atomic mass is 16.3. The van der Waals surface area contributed by atoms with E-state index in [0.29, 0.717) is 5.92 Å². The number of nitrogens with one attached hydrogen (secondary N) is 2. The zero-order valence-corrected chi connectivity index (χ0v) is 16.7. The summed E-state index contributed by atoms with van der Waals surface area (Å²) < 4.78 is 6.14. The monoisotopic (exact) mass is 389 g/mol. The lowest BCUT2D eigenvalue weighted by Crippen LogP contribution is -2.60. The molecule has 5 nitrogen and oxygen atoms in total. The van der Waals surface area contributed by atoms with Crippen molar-refractivity contribution in [2.24, 2.45) is 5.92 Å². The predicted molar refractivity (Wildman–Crippen MR) is 113 cm³/mol. The first kappa shape index (κ1) is 18.4. The minimum Gasteiger partial charge on any atom is -0.460 e. The number of likely N-dealkylation sites (tertiary alicyclic amines) is 1. The van der Waals surface area contributed by atoms with Gasteiger partial charge in [0.15, 0.2) is 0 Å². The van der Waals surface area contributed by atoms with E-state index in [-0.39, 0.29) is 17.5 Å². The number of benzene rings is 2. The van der Waals surface area contributed by atoms with Gasteiger partial charge in [0.25, 0.3) is 0 Å². The maximum absolute atomic E-state index is 12.1. The van der Waals surface area contributed by atoms with Crippen LogP contribution in [-0.2, 0) is 11.3 Å². The van der Waals surface area contributed by atoms with E-state index in [1.807, 2.05) is 18.2 Å². The molecule has 29 heavy (non-hydrogen) atoms. The Kier molecular flexibility index (Phi) is 4.64. The highest BCUT2D eigenvalue weighted by Crippen LogP contribution is 2.46. The summed E-state index contributed by atoms with van der Waals surface area (Å²) in [6, 6.07) is 21.2. The third-order valence-corrected chi connectivity index (χ3v) is 6.48. The molecule has 2 aliphatic rings. The van der Waals surface area contributed by atoms with Crippen LogP contribution in [0.25, 0.3) is 11.0 Å². The number of carbonyl (C=O) groups is 1. The van der Waals surface area contributed by atoms with Gasteiger partial charge in [-0.05, 0) is 30.7 Å². The van der Waals surface area contributed by atoms with E-state index in [4.69, 9.17) is 4.42 Å². The summed E-state index contributed by atoms with van der Waals surface area (Å²) in [4.78, 5) is 14.6. The van der Waals surface area contributed by atoms with Gasteiger partial charge in [-0.1, -0.05) is 48.5 Å². The zero-order chi connectivity index (χ0) is 19.8. The molecule has 1 aromatic heterocycles. The number of furan rings is 1. The summed E-state index contributed by atoms with van der Waals surface area (Å²) in [5.41, 5.74) is 2.02. The number of para-hydroxylation sites is 1. The Labute approximate surface area is 171 Å². The van der Waals surface area contributed by atoms with Crippen molar-refractivity contribution in [3.05, 3.63) is 72.0 Å². The standard InChI is InChI=1S/C24H27N3O2/c1-17(28)26-24-11-12-25-14-21(24)23(18-7-3-2-4-8-18)27(16-24)15-20-13-19-9-5-6-10-22(19)29-20/h2-10,13,21,23,25H,11-12,14-16H2,1H3,(H,26,28)/t21-,23-,24-/m1/s1. The zero-order valence-electron chi connectivity index (χ0n) is 16.7. The van der Waals surface area contributed by atoms with E-state index < -0.39 is 0 Å². The number of fused-ring (bicyclic) bond motifs is 2. The fourth-order valence-electron chi connectivity index (χ4n) is 5.38. The van der Waals surface area contributed by atoms with Crippen LogP contribution in [0.1, 0.15) is 30.7 Å². The quantitative estimate of drug-likeness (QED) is 0.717. The van der Waals surface area contributed by atoms with Crippen molar-refractivity contribution in [3.8, 4) is 0 Å². The molecule has 150 valence electrons. The molecule has 0 spiro atoms. The SMILES string of the molecule is CC(=O)N[C@@]12CCNC[C@@H]1[C@@H](c1ccccc1)N(Cc1cc3ccccc3o1)C2. The molecule has 2 aliphatic heterocycles. The maximum Gasteiger partial charge on any atom is 0.217 e. The molecule has 0 saturated carbocycles. The topological polar surface area (TPSA) is 57.5 Å². The van der Waals surface area contributed by atoms with Gasteiger partial charge < -0.3 is 15.1 Å². The fourth-order valence-corrected chi connectivity index (χ4v) is 5.38. The number of amides is 1. The first-order valence-electron chi connectivity index (χ1n) is 10.4. The van der Waals surface area contributed by atoms with Crippen LogP contribution in [-0.4, -0.2) is 36.0 Å². The average Bonchev–Trinajstić information content (AvgIpc) is 3.26. The Balaban J connectivity index is 1.53. The molecule has 0 unspecified atom stereocenters. The van der Waals surface area contributed by atoms with Crippen molar-refractivity contribution in [1.29, 1.82) is 0 Å². The van der Waals surface area contributed by atoms with Gasteiger partial charge in [-0.2, -0.15) is 0 Å². The number of carbonyl (C=O) groups excluding carboxylic acids is 1. The smallest absolute Gasteiger partial charge is 0.217 e. The molecule has 2 aromatic carbocycles. The second-order valence-corrected chi connectivity index (χ2v) is 8.41. The second-order valence-electron chi connectivity index (χ2n) is 8.41. The van der Waals surface area contributed by atoms with Gasteiger partial charge in [0.1, 0.15) is 11.3 Å². The Bertz CT molecular complexity index is 982. The first-order chi connectivity index (χ1) is 14.1. The summed E-state index contributed by atoms with van der Waals surface area (Å²) in [6.45, 7) is 5.02. The minimum absolute atomic E-state index is 0.0503. The summed E-state index contributed by atoms with van der Waals surface area (Å²) in [5, 5.41) is 8.04. The van der Waals surface area contributed by atoms with Crippen LogP contribution >= 0.6 is 0 Å². The lowest BCUT2D eigenvalue weighted by molar-refractivity contribution is -0.121. The summed E-state index contributed by atoms with van der Waals surface area (Å²) in [5.74, 6) is 1.33. The minimum atomic E-state index is -0.205. The molecular formula is C24H27N3O2. The molecule has 0 radical (unpaired) electrons. The molecule has 2 fully saturated rings. The molecular weight excluding hydrogens is 362 g/mol. The van der Waals surface area contributed by atoms with Gasteiger partial charge in [-0.15, -0.1) is 0 Å². The Morgan fingerprint density at radius 1 is 1.21 bits per heavy atom. The van der Waals surface area contributed by atoms with E-state index in [0.717, 1.165) is 49.3 Å². The molecule has 1 amide bonds. The van der Waals surface area contributed by atoms with E-state index in [1.54, 1.807) is 6.92 Å². The van der Waals surface area contributed by atoms with Crippen LogP contribution in [0.15, 0.2) is 65.1 Å². The van der Waals surface area contributed by atoms with Crippen LogP contribution in [0.4, 0.5) is 0 Å². The van der Waals surface area contributed by atoms with Gasteiger partial charge in [-0.25, -0.2) is 0 Å². The van der Waals surface area contributed by atoms with Crippen molar-refractivity contribution < 1.29 is 9.21 Å². The predicted octanol–water partition coefficient (Wildman–Crippen LogP) is 3.47. The van der Waals surface area contributed by atoms with E-state index in [2.05, 4.69) is 58.0 Å². The summed E-state index contributed by atoms with van der Waals surface area (Å²) >= 11 is 0. The van der Waals surface area contributed by atoms with Gasteiger partial charge in [0.05, 0.1) is 12.1 Å². The van der Waals surface area contributed by atoms with Crippen molar-refractivity contribution in [2.45, 2.75) is 31.5 Å². The lowest BCUT2D eigenvalue weighted by atomic mass is 9.76. The molecule has 3 aromatic rings. The van der Waals surface area contributed by atoms with Gasteiger partial charge in [0, 0.05) is 37.4 Å². The van der Waals surface area contributed by atoms with Gasteiger partial charge in [0.2, 0.25) is 5.91 Å². The largest absolute Gasteiger partial charge is 0.460 e. The third-order valence-electron chi connectivity index (χ3n) is 6.48.